The van der Waals surface area contributed by atoms with Crippen molar-refractivity contribution in [3.63, 3.8) is 0 Å². The number of nitrogens with zero attached hydrogens (tertiary/aromatic N) is 1. The standard InChI is InChI=1S/C26H39N7O4S/c1-16(34)28-13-21-10-26(32-24(37)9-19-5-7-20(8-6-19)31-25(38)27-4)11-22(14-29-17(2)35)33(21)23(12-26)15-30-18(3)36/h5-8,21-23H,9-15H2,1-4H3,(H,28,34)(H,29,35)(H,30,36)(H,32,37)(H2,27,31,38)/t21-,22+,23?,26-. The monoisotopic (exact) mass is 545 g/mol. The number of hydrogen-bond donors (Lipinski definition) is 6. The normalized spacial score (nSPS) is 25.6. The van der Waals surface area contributed by atoms with Gasteiger partial charge in [-0.05, 0) is 49.2 Å². The summed E-state index contributed by atoms with van der Waals surface area (Å²) in [5.41, 5.74) is 1.17. The van der Waals surface area contributed by atoms with E-state index in [9.17, 15) is 19.2 Å². The van der Waals surface area contributed by atoms with E-state index < -0.39 is 5.54 Å². The molecule has 0 spiro atoms. The molecule has 3 aliphatic heterocycles. The lowest BCUT2D eigenvalue weighted by Gasteiger charge is -2.60. The van der Waals surface area contributed by atoms with Crippen LogP contribution >= 0.6 is 12.2 Å². The van der Waals surface area contributed by atoms with Gasteiger partial charge < -0.3 is 31.9 Å². The van der Waals surface area contributed by atoms with E-state index in [-0.39, 0.29) is 48.2 Å². The Kier molecular flexibility index (Phi) is 10.0. The minimum atomic E-state index is -0.526. The predicted molar refractivity (Wildman–Crippen MR) is 149 cm³/mol. The Morgan fingerprint density at radius 2 is 1.29 bits per heavy atom. The smallest absolute Gasteiger partial charge is 0.224 e. The van der Waals surface area contributed by atoms with Gasteiger partial charge in [0.2, 0.25) is 23.6 Å². The zero-order valence-electron chi connectivity index (χ0n) is 22.5. The number of rotatable bonds is 10. The van der Waals surface area contributed by atoms with Crippen LogP contribution in [0.4, 0.5) is 5.69 Å². The SMILES string of the molecule is CNC(=S)Nc1ccc(CC(=O)N[C@@]23CC(CNC(C)=O)N([C@H](CNC(C)=O)C2)[C@@H](CNC(C)=O)C3)cc1. The zero-order valence-corrected chi connectivity index (χ0v) is 23.3. The van der Waals surface area contributed by atoms with Gasteiger partial charge in [0.05, 0.1) is 6.42 Å². The minimum absolute atomic E-state index is 0.0550. The molecule has 0 aliphatic carbocycles. The summed E-state index contributed by atoms with van der Waals surface area (Å²) >= 11 is 5.13. The van der Waals surface area contributed by atoms with E-state index in [4.69, 9.17) is 12.2 Å². The quantitative estimate of drug-likeness (QED) is 0.226. The van der Waals surface area contributed by atoms with Crippen LogP contribution in [0.2, 0.25) is 0 Å². The van der Waals surface area contributed by atoms with Crippen molar-refractivity contribution in [1.29, 1.82) is 0 Å². The van der Waals surface area contributed by atoms with Gasteiger partial charge in [-0.15, -0.1) is 0 Å². The fourth-order valence-electron chi connectivity index (χ4n) is 5.71. The summed E-state index contributed by atoms with van der Waals surface area (Å²) in [4.78, 5) is 50.8. The highest BCUT2D eigenvalue weighted by atomic mass is 32.1. The van der Waals surface area contributed by atoms with Crippen molar-refractivity contribution in [3.8, 4) is 0 Å². The van der Waals surface area contributed by atoms with Crippen LogP contribution in [0.3, 0.4) is 0 Å². The number of carbonyl (C=O) groups excluding carboxylic acids is 4. The number of anilines is 1. The first kappa shape index (κ1) is 29.3. The van der Waals surface area contributed by atoms with E-state index >= 15 is 0 Å². The summed E-state index contributed by atoms with van der Waals surface area (Å²) in [6.07, 6.45) is 2.20. The fraction of sp³-hybridized carbons (Fsp3) is 0.577. The molecule has 12 heteroatoms. The molecule has 0 aromatic heterocycles. The van der Waals surface area contributed by atoms with Crippen molar-refractivity contribution < 1.29 is 19.2 Å². The molecule has 3 heterocycles. The van der Waals surface area contributed by atoms with E-state index in [1.807, 2.05) is 24.3 Å². The molecule has 4 rings (SSSR count). The second kappa shape index (κ2) is 13.0. The molecular formula is C26H39N7O4S. The van der Waals surface area contributed by atoms with Gasteiger partial charge in [-0.2, -0.15) is 0 Å². The van der Waals surface area contributed by atoms with E-state index in [2.05, 4.69) is 36.8 Å². The molecule has 3 fully saturated rings. The Hall–Kier alpha value is -3.25. The summed E-state index contributed by atoms with van der Waals surface area (Å²) in [5, 5.41) is 18.5. The number of thiocarbonyl (C=S) groups is 1. The van der Waals surface area contributed by atoms with Crippen LogP contribution < -0.4 is 31.9 Å². The molecule has 38 heavy (non-hydrogen) atoms. The first-order valence-electron chi connectivity index (χ1n) is 12.9. The van der Waals surface area contributed by atoms with Crippen molar-refractivity contribution in [2.45, 2.75) is 70.1 Å². The number of piperidine rings is 3. The van der Waals surface area contributed by atoms with Gasteiger partial charge >= 0.3 is 0 Å². The van der Waals surface area contributed by atoms with Gasteiger partial charge in [0, 0.05) is 76.8 Å². The van der Waals surface area contributed by atoms with Crippen LogP contribution in [0.1, 0.15) is 45.6 Å². The maximum Gasteiger partial charge on any atom is 0.224 e. The van der Waals surface area contributed by atoms with Gasteiger partial charge in [-0.3, -0.25) is 24.1 Å². The number of nitrogens with one attached hydrogen (secondary N) is 6. The lowest BCUT2D eigenvalue weighted by atomic mass is 9.69. The number of fused-ring (bicyclic) bond motifs is 3. The molecule has 3 aliphatic rings. The highest BCUT2D eigenvalue weighted by molar-refractivity contribution is 7.80. The van der Waals surface area contributed by atoms with Crippen molar-refractivity contribution in [3.05, 3.63) is 29.8 Å². The number of hydrogen-bond acceptors (Lipinski definition) is 6. The molecule has 3 saturated heterocycles. The van der Waals surface area contributed by atoms with E-state index in [0.717, 1.165) is 11.3 Å². The molecule has 2 unspecified atom stereocenters. The van der Waals surface area contributed by atoms with E-state index in [1.165, 1.54) is 20.8 Å². The van der Waals surface area contributed by atoms with Crippen LogP contribution in [-0.2, 0) is 25.6 Å². The average molecular weight is 546 g/mol. The summed E-state index contributed by atoms with van der Waals surface area (Å²) < 4.78 is 0. The molecule has 0 radical (unpaired) electrons. The van der Waals surface area contributed by atoms with Crippen LogP contribution in [0.15, 0.2) is 24.3 Å². The third-order valence-electron chi connectivity index (χ3n) is 7.11. The summed E-state index contributed by atoms with van der Waals surface area (Å²) in [6.45, 7) is 5.69. The molecule has 2 bridgehead atoms. The largest absolute Gasteiger partial charge is 0.366 e. The number of amides is 4. The first-order chi connectivity index (χ1) is 18.0. The molecule has 1 aromatic carbocycles. The van der Waals surface area contributed by atoms with E-state index in [1.54, 1.807) is 7.05 Å². The second-order valence-corrected chi connectivity index (χ2v) is 10.6. The Labute approximate surface area is 229 Å². The Morgan fingerprint density at radius 3 is 1.68 bits per heavy atom. The van der Waals surface area contributed by atoms with Crippen LogP contribution in [0.25, 0.3) is 0 Å². The van der Waals surface area contributed by atoms with Gasteiger partial charge in [0.15, 0.2) is 5.11 Å². The van der Waals surface area contributed by atoms with Crippen molar-refractivity contribution in [2.24, 2.45) is 0 Å². The fourth-order valence-corrected chi connectivity index (χ4v) is 5.83. The Bertz CT molecular complexity index is 979. The minimum Gasteiger partial charge on any atom is -0.366 e. The van der Waals surface area contributed by atoms with Crippen molar-refractivity contribution in [1.82, 2.24) is 31.5 Å². The molecule has 208 valence electrons. The number of benzene rings is 1. The van der Waals surface area contributed by atoms with Crippen molar-refractivity contribution >= 4 is 46.6 Å². The summed E-state index contributed by atoms with van der Waals surface area (Å²) in [6, 6.07) is 7.36. The lowest BCUT2D eigenvalue weighted by molar-refractivity contribution is -0.132. The average Bonchev–Trinajstić information content (AvgIpc) is 2.85. The molecule has 6 N–H and O–H groups in total. The van der Waals surface area contributed by atoms with E-state index in [0.29, 0.717) is 44.0 Å². The Balaban J connectivity index is 1.79. The predicted octanol–water partition coefficient (Wildman–Crippen LogP) is 0.0139. The van der Waals surface area contributed by atoms with Crippen LogP contribution in [0, 0.1) is 0 Å². The summed E-state index contributed by atoms with van der Waals surface area (Å²) in [5.74, 6) is -0.482. The van der Waals surface area contributed by atoms with Gasteiger partial charge in [0.25, 0.3) is 0 Å². The van der Waals surface area contributed by atoms with Crippen LogP contribution in [-0.4, -0.2) is 84.0 Å². The first-order valence-corrected chi connectivity index (χ1v) is 13.3. The molecule has 1 aromatic rings. The maximum absolute atomic E-state index is 13.3. The third-order valence-corrected chi connectivity index (χ3v) is 7.42. The second-order valence-electron chi connectivity index (χ2n) is 10.2. The molecule has 11 nitrogen and oxygen atoms in total. The topological polar surface area (TPSA) is 144 Å². The molecular weight excluding hydrogens is 506 g/mol. The number of carbonyl (C=O) groups is 4. The molecule has 5 atom stereocenters. The zero-order chi connectivity index (χ0) is 27.9. The van der Waals surface area contributed by atoms with Crippen molar-refractivity contribution in [2.75, 3.05) is 32.0 Å². The lowest BCUT2D eigenvalue weighted by Crippen LogP contribution is -2.75. The Morgan fingerprint density at radius 1 is 0.842 bits per heavy atom. The van der Waals surface area contributed by atoms with Gasteiger partial charge in [-0.1, -0.05) is 12.1 Å². The highest BCUT2D eigenvalue weighted by Gasteiger charge is 2.54. The van der Waals surface area contributed by atoms with Gasteiger partial charge in [-0.25, -0.2) is 0 Å². The molecule has 4 amide bonds. The maximum atomic E-state index is 13.3. The molecule has 0 saturated carbocycles. The summed E-state index contributed by atoms with van der Waals surface area (Å²) in [7, 11) is 1.74. The highest BCUT2D eigenvalue weighted by Crippen LogP contribution is 2.43. The van der Waals surface area contributed by atoms with Gasteiger partial charge in [0.1, 0.15) is 0 Å². The third kappa shape index (κ3) is 8.12. The van der Waals surface area contributed by atoms with Crippen LogP contribution in [0.5, 0.6) is 0 Å².